The molecule has 0 saturated carbocycles. The number of aliphatic carboxylic acids is 1. The first-order chi connectivity index (χ1) is 7.54. The van der Waals surface area contributed by atoms with E-state index in [2.05, 4.69) is 11.3 Å². The molecule has 0 bridgehead atoms. The monoisotopic (exact) mass is 226 g/mol. The summed E-state index contributed by atoms with van der Waals surface area (Å²) in [5.74, 6) is -2.33. The van der Waals surface area contributed by atoms with Crippen LogP contribution >= 0.6 is 0 Å². The van der Waals surface area contributed by atoms with Gasteiger partial charge in [-0.1, -0.05) is 12.2 Å². The van der Waals surface area contributed by atoms with Crippen LogP contribution in [-0.4, -0.2) is 24.2 Å². The molecule has 0 spiro atoms. The molecule has 0 aromatic carbocycles. The van der Waals surface area contributed by atoms with Gasteiger partial charge in [-0.25, -0.2) is 4.79 Å². The Morgan fingerprint density at radius 3 is 2.50 bits per heavy atom. The number of unbranched alkanes of at least 4 members (excludes halogenated alkanes) is 2. The summed E-state index contributed by atoms with van der Waals surface area (Å²) in [4.78, 5) is 22.1. The van der Waals surface area contributed by atoms with E-state index >= 15 is 0 Å². The third kappa shape index (κ3) is 4.77. The standard InChI is InChI=1S/C12H18O4/c1-4-5-6-7-8-10(11(13)14)9(2)12(15)16-3/h4,8-9H,1,5-7H2,2-3H3,(H,13,14)/t9-/m1/s1. The van der Waals surface area contributed by atoms with E-state index in [0.717, 1.165) is 12.8 Å². The minimum absolute atomic E-state index is 0.0934. The first-order valence-corrected chi connectivity index (χ1v) is 5.16. The van der Waals surface area contributed by atoms with Crippen LogP contribution in [0, 0.1) is 5.92 Å². The molecule has 1 N–H and O–H groups in total. The Bertz CT molecular complexity index is 291. The minimum Gasteiger partial charge on any atom is -0.478 e. The van der Waals surface area contributed by atoms with Crippen molar-refractivity contribution in [2.75, 3.05) is 7.11 Å². The van der Waals surface area contributed by atoms with E-state index in [1.54, 1.807) is 12.2 Å². The predicted molar refractivity (Wildman–Crippen MR) is 60.9 cm³/mol. The van der Waals surface area contributed by atoms with Gasteiger partial charge >= 0.3 is 11.9 Å². The van der Waals surface area contributed by atoms with Crippen molar-refractivity contribution >= 4 is 11.9 Å². The van der Waals surface area contributed by atoms with Crippen molar-refractivity contribution in [2.45, 2.75) is 26.2 Å². The number of carboxylic acid groups (broad SMARTS) is 1. The van der Waals surface area contributed by atoms with Gasteiger partial charge in [0.25, 0.3) is 0 Å². The molecule has 0 saturated heterocycles. The molecule has 0 aliphatic carbocycles. The molecule has 90 valence electrons. The number of methoxy groups -OCH3 is 1. The van der Waals surface area contributed by atoms with Gasteiger partial charge in [0.05, 0.1) is 13.0 Å². The van der Waals surface area contributed by atoms with Crippen molar-refractivity contribution in [1.29, 1.82) is 0 Å². The normalized spacial score (nSPS) is 13.0. The van der Waals surface area contributed by atoms with Crippen LogP contribution in [0.15, 0.2) is 24.3 Å². The minimum atomic E-state index is -1.07. The molecule has 0 rings (SSSR count). The number of carboxylic acids is 1. The summed E-state index contributed by atoms with van der Waals surface area (Å²) in [7, 11) is 1.25. The van der Waals surface area contributed by atoms with Gasteiger partial charge in [0, 0.05) is 5.57 Å². The van der Waals surface area contributed by atoms with E-state index < -0.39 is 17.9 Å². The van der Waals surface area contributed by atoms with E-state index in [1.807, 2.05) is 0 Å². The SMILES string of the molecule is C=CCCCC=C(C(=O)O)[C@@H](C)C(=O)OC. The molecular weight excluding hydrogens is 208 g/mol. The van der Waals surface area contributed by atoms with Crippen molar-refractivity contribution < 1.29 is 19.4 Å². The fraction of sp³-hybridized carbons (Fsp3) is 0.500. The van der Waals surface area contributed by atoms with Crippen molar-refractivity contribution in [2.24, 2.45) is 5.92 Å². The molecule has 0 unspecified atom stereocenters. The number of carbonyl (C=O) groups is 2. The van der Waals surface area contributed by atoms with Gasteiger partial charge in [-0.05, 0) is 26.2 Å². The summed E-state index contributed by atoms with van der Waals surface area (Å²) in [5, 5.41) is 8.95. The molecule has 4 nitrogen and oxygen atoms in total. The zero-order chi connectivity index (χ0) is 12.6. The lowest BCUT2D eigenvalue weighted by Gasteiger charge is -2.09. The lowest BCUT2D eigenvalue weighted by atomic mass is 9.99. The number of ether oxygens (including phenoxy) is 1. The highest BCUT2D eigenvalue weighted by atomic mass is 16.5. The van der Waals surface area contributed by atoms with Gasteiger partial charge in [-0.2, -0.15) is 0 Å². The third-order valence-corrected chi connectivity index (χ3v) is 2.24. The molecule has 0 heterocycles. The van der Waals surface area contributed by atoms with Crippen LogP contribution in [0.5, 0.6) is 0 Å². The van der Waals surface area contributed by atoms with Crippen LogP contribution in [0.3, 0.4) is 0 Å². The highest BCUT2D eigenvalue weighted by Gasteiger charge is 2.23. The van der Waals surface area contributed by atoms with Crippen molar-refractivity contribution in [3.63, 3.8) is 0 Å². The van der Waals surface area contributed by atoms with Crippen molar-refractivity contribution in [1.82, 2.24) is 0 Å². The maximum atomic E-state index is 11.2. The van der Waals surface area contributed by atoms with E-state index in [-0.39, 0.29) is 5.57 Å². The second-order valence-electron chi connectivity index (χ2n) is 3.43. The molecule has 0 radical (unpaired) electrons. The van der Waals surface area contributed by atoms with Gasteiger partial charge < -0.3 is 9.84 Å². The quantitative estimate of drug-likeness (QED) is 0.313. The maximum absolute atomic E-state index is 11.2. The molecule has 0 aromatic rings. The summed E-state index contributed by atoms with van der Waals surface area (Å²) in [6.07, 6.45) is 5.63. The Hall–Kier alpha value is -1.58. The zero-order valence-electron chi connectivity index (χ0n) is 9.73. The van der Waals surface area contributed by atoms with Crippen LogP contribution in [0.1, 0.15) is 26.2 Å². The Labute approximate surface area is 95.6 Å². The Kier molecular flexibility index (Phi) is 6.92. The maximum Gasteiger partial charge on any atom is 0.332 e. The molecule has 0 aromatic heterocycles. The first kappa shape index (κ1) is 14.4. The summed E-state index contributed by atoms with van der Waals surface area (Å²) in [6.45, 7) is 5.11. The molecule has 16 heavy (non-hydrogen) atoms. The van der Waals surface area contributed by atoms with E-state index in [9.17, 15) is 9.59 Å². The largest absolute Gasteiger partial charge is 0.478 e. The Morgan fingerprint density at radius 1 is 1.44 bits per heavy atom. The number of hydrogen-bond acceptors (Lipinski definition) is 3. The van der Waals surface area contributed by atoms with Gasteiger partial charge in [0.2, 0.25) is 0 Å². The van der Waals surface area contributed by atoms with Crippen LogP contribution in [0.4, 0.5) is 0 Å². The second kappa shape index (κ2) is 7.68. The number of allylic oxidation sites excluding steroid dienone is 2. The fourth-order valence-corrected chi connectivity index (χ4v) is 1.27. The van der Waals surface area contributed by atoms with E-state index in [1.165, 1.54) is 14.0 Å². The average Bonchev–Trinajstić information content (AvgIpc) is 2.26. The summed E-state index contributed by atoms with van der Waals surface area (Å²) in [5.41, 5.74) is 0.0934. The van der Waals surface area contributed by atoms with E-state index in [4.69, 9.17) is 5.11 Å². The van der Waals surface area contributed by atoms with Gasteiger partial charge in [0.1, 0.15) is 0 Å². The number of hydrogen-bond donors (Lipinski definition) is 1. The third-order valence-electron chi connectivity index (χ3n) is 2.24. The van der Waals surface area contributed by atoms with Gasteiger partial charge in [-0.3, -0.25) is 4.79 Å². The van der Waals surface area contributed by atoms with Crippen LogP contribution in [0.2, 0.25) is 0 Å². The first-order valence-electron chi connectivity index (χ1n) is 5.16. The zero-order valence-corrected chi connectivity index (χ0v) is 9.73. The van der Waals surface area contributed by atoms with Crippen molar-refractivity contribution in [3.05, 3.63) is 24.3 Å². The Morgan fingerprint density at radius 2 is 2.06 bits per heavy atom. The predicted octanol–water partition coefficient (Wildman–Crippen LogP) is 2.16. The lowest BCUT2D eigenvalue weighted by Crippen LogP contribution is -2.20. The van der Waals surface area contributed by atoms with Crippen molar-refractivity contribution in [3.8, 4) is 0 Å². The molecule has 0 fully saturated rings. The topological polar surface area (TPSA) is 63.6 Å². The molecule has 0 amide bonds. The average molecular weight is 226 g/mol. The summed E-state index contributed by atoms with van der Waals surface area (Å²) < 4.78 is 4.51. The van der Waals surface area contributed by atoms with Gasteiger partial charge in [0.15, 0.2) is 0 Å². The van der Waals surface area contributed by atoms with Crippen LogP contribution < -0.4 is 0 Å². The van der Waals surface area contributed by atoms with E-state index in [0.29, 0.717) is 6.42 Å². The second-order valence-corrected chi connectivity index (χ2v) is 3.43. The Balaban J connectivity index is 4.53. The number of esters is 1. The molecule has 0 aliphatic rings. The van der Waals surface area contributed by atoms with Crippen LogP contribution in [-0.2, 0) is 14.3 Å². The molecule has 0 aliphatic heterocycles. The smallest absolute Gasteiger partial charge is 0.332 e. The molecule has 4 heteroatoms. The highest BCUT2D eigenvalue weighted by molar-refractivity contribution is 5.94. The lowest BCUT2D eigenvalue weighted by molar-refractivity contribution is -0.146. The van der Waals surface area contributed by atoms with Gasteiger partial charge in [-0.15, -0.1) is 6.58 Å². The molecular formula is C12H18O4. The van der Waals surface area contributed by atoms with Crippen LogP contribution in [0.25, 0.3) is 0 Å². The number of carbonyl (C=O) groups excluding carboxylic acids is 1. The number of rotatable bonds is 7. The molecule has 1 atom stereocenters. The highest BCUT2D eigenvalue weighted by Crippen LogP contribution is 2.14. The summed E-state index contributed by atoms with van der Waals surface area (Å²) in [6, 6.07) is 0. The summed E-state index contributed by atoms with van der Waals surface area (Å²) >= 11 is 0. The fourth-order valence-electron chi connectivity index (χ4n) is 1.27.